The van der Waals surface area contributed by atoms with E-state index < -0.39 is 0 Å². The average Bonchev–Trinajstić information content (AvgIpc) is 2.80. The number of aromatic nitrogens is 2. The summed E-state index contributed by atoms with van der Waals surface area (Å²) in [5.41, 5.74) is 7.73. The van der Waals surface area contributed by atoms with Gasteiger partial charge in [0.25, 0.3) is 0 Å². The van der Waals surface area contributed by atoms with E-state index in [0.717, 1.165) is 43.8 Å². The van der Waals surface area contributed by atoms with E-state index in [1.165, 1.54) is 6.33 Å². The van der Waals surface area contributed by atoms with Gasteiger partial charge in [0.05, 0.1) is 11.3 Å². The van der Waals surface area contributed by atoms with Gasteiger partial charge in [-0.05, 0) is 55.8 Å². The number of para-hydroxylation sites is 1. The molecule has 0 aliphatic carbocycles. The fraction of sp³-hybridized carbons (Fsp3) is 0.292. The number of piperidine rings is 1. The summed E-state index contributed by atoms with van der Waals surface area (Å²) >= 11 is 0. The molecule has 0 amide bonds. The summed E-state index contributed by atoms with van der Waals surface area (Å²) in [5.74, 6) is 2.41. The number of nitrogen functional groups attached to an aromatic ring is 1. The van der Waals surface area contributed by atoms with Gasteiger partial charge in [-0.15, -0.1) is 0 Å². The van der Waals surface area contributed by atoms with Crippen LogP contribution in [0.1, 0.15) is 30.9 Å². The van der Waals surface area contributed by atoms with E-state index in [9.17, 15) is 0 Å². The molecule has 4 N–H and O–H groups in total. The molecular formula is C24H28N6O. The van der Waals surface area contributed by atoms with Crippen molar-refractivity contribution < 1.29 is 4.74 Å². The van der Waals surface area contributed by atoms with E-state index in [-0.39, 0.29) is 5.71 Å². The Kier molecular flexibility index (Phi) is 6.43. The van der Waals surface area contributed by atoms with Crippen molar-refractivity contribution in [1.82, 2.24) is 14.9 Å². The summed E-state index contributed by atoms with van der Waals surface area (Å²) in [6, 6.07) is 17.3. The number of nitrogens with one attached hydrogen (secondary N) is 2. The number of likely N-dealkylation sites (tertiary alicyclic amines) is 1. The first-order chi connectivity index (χ1) is 15.1. The van der Waals surface area contributed by atoms with Crippen LogP contribution in [0.25, 0.3) is 0 Å². The Morgan fingerprint density at radius 1 is 1.06 bits per heavy atom. The number of ether oxygens (including phenoxy) is 1. The van der Waals surface area contributed by atoms with Gasteiger partial charge in [-0.2, -0.15) is 0 Å². The van der Waals surface area contributed by atoms with Crippen molar-refractivity contribution in [3.63, 3.8) is 0 Å². The Bertz CT molecular complexity index is 1010. The molecule has 1 aromatic heterocycles. The summed E-state index contributed by atoms with van der Waals surface area (Å²) in [6.07, 6.45) is 3.53. The van der Waals surface area contributed by atoms with Gasteiger partial charge in [0.1, 0.15) is 29.5 Å². The maximum atomic E-state index is 8.77. The standard InChI is InChI=1S/C24H28N6O/c1-2-30-14-12-18(13-15-30)29-24-21(23(26)27-16-28-24)22(25)17-8-10-20(11-9-17)31-19-6-4-3-5-7-19/h3-11,16,18,25H,2,12-15H2,1H3,(H3,26,27,28,29). The van der Waals surface area contributed by atoms with E-state index in [4.69, 9.17) is 15.9 Å². The first-order valence-corrected chi connectivity index (χ1v) is 10.7. The Labute approximate surface area is 182 Å². The minimum atomic E-state index is 0.290. The Hall–Kier alpha value is -3.45. The highest BCUT2D eigenvalue weighted by molar-refractivity contribution is 6.16. The number of hydrogen-bond acceptors (Lipinski definition) is 7. The smallest absolute Gasteiger partial charge is 0.141 e. The summed E-state index contributed by atoms with van der Waals surface area (Å²) < 4.78 is 5.85. The van der Waals surface area contributed by atoms with E-state index in [2.05, 4.69) is 27.1 Å². The molecule has 7 nitrogen and oxygen atoms in total. The first-order valence-electron chi connectivity index (χ1n) is 10.7. The van der Waals surface area contributed by atoms with Gasteiger partial charge in [0.2, 0.25) is 0 Å². The van der Waals surface area contributed by atoms with Crippen LogP contribution in [0.4, 0.5) is 11.6 Å². The van der Waals surface area contributed by atoms with Gasteiger partial charge in [-0.25, -0.2) is 9.97 Å². The van der Waals surface area contributed by atoms with Gasteiger partial charge in [0.15, 0.2) is 0 Å². The minimum Gasteiger partial charge on any atom is -0.457 e. The number of rotatable bonds is 7. The summed E-state index contributed by atoms with van der Waals surface area (Å²) in [5, 5.41) is 12.3. The highest BCUT2D eigenvalue weighted by Gasteiger charge is 2.22. The SMILES string of the molecule is CCN1CCC(Nc2ncnc(N)c2C(=N)c2ccc(Oc3ccccc3)cc2)CC1. The molecule has 2 heterocycles. The van der Waals surface area contributed by atoms with Gasteiger partial charge >= 0.3 is 0 Å². The van der Waals surface area contributed by atoms with Crippen molar-refractivity contribution in [3.05, 3.63) is 72.1 Å². The summed E-state index contributed by atoms with van der Waals surface area (Å²) in [4.78, 5) is 11.0. The van der Waals surface area contributed by atoms with Crippen molar-refractivity contribution >= 4 is 17.3 Å². The van der Waals surface area contributed by atoms with E-state index in [1.54, 1.807) is 0 Å². The molecule has 0 spiro atoms. The molecule has 0 atom stereocenters. The predicted octanol–water partition coefficient (Wildman–Crippen LogP) is 4.16. The Balaban J connectivity index is 1.50. The lowest BCUT2D eigenvalue weighted by atomic mass is 10.0. The number of hydrogen-bond donors (Lipinski definition) is 3. The molecule has 7 heteroatoms. The van der Waals surface area contributed by atoms with Crippen LogP contribution in [0.5, 0.6) is 11.5 Å². The van der Waals surface area contributed by atoms with Crippen LogP contribution in [0.15, 0.2) is 60.9 Å². The number of benzene rings is 2. The second-order valence-corrected chi connectivity index (χ2v) is 7.65. The van der Waals surface area contributed by atoms with E-state index in [0.29, 0.717) is 29.0 Å². The molecule has 1 aliphatic rings. The van der Waals surface area contributed by atoms with Crippen LogP contribution in [0, 0.1) is 5.41 Å². The highest BCUT2D eigenvalue weighted by atomic mass is 16.5. The maximum absolute atomic E-state index is 8.77. The largest absolute Gasteiger partial charge is 0.457 e. The zero-order chi connectivity index (χ0) is 21.6. The second kappa shape index (κ2) is 9.57. The lowest BCUT2D eigenvalue weighted by molar-refractivity contribution is 0.229. The Morgan fingerprint density at radius 2 is 1.74 bits per heavy atom. The molecule has 4 rings (SSSR count). The lowest BCUT2D eigenvalue weighted by Crippen LogP contribution is -2.39. The molecular weight excluding hydrogens is 388 g/mol. The number of nitrogens with zero attached hydrogens (tertiary/aromatic N) is 3. The van der Waals surface area contributed by atoms with E-state index in [1.807, 2.05) is 54.6 Å². The Morgan fingerprint density at radius 3 is 2.42 bits per heavy atom. The van der Waals surface area contributed by atoms with Crippen LogP contribution in [-0.4, -0.2) is 46.3 Å². The summed E-state index contributed by atoms with van der Waals surface area (Å²) in [6.45, 7) is 5.39. The third-order valence-corrected chi connectivity index (χ3v) is 5.62. The lowest BCUT2D eigenvalue weighted by Gasteiger charge is -2.32. The zero-order valence-electron chi connectivity index (χ0n) is 17.7. The van der Waals surface area contributed by atoms with Gasteiger partial charge < -0.3 is 20.7 Å². The zero-order valence-corrected chi connectivity index (χ0v) is 17.7. The fourth-order valence-corrected chi connectivity index (χ4v) is 3.80. The first kappa shape index (κ1) is 20.8. The van der Waals surface area contributed by atoms with Gasteiger partial charge in [-0.3, -0.25) is 5.41 Å². The molecule has 1 aliphatic heterocycles. The predicted molar refractivity (Wildman–Crippen MR) is 124 cm³/mol. The molecule has 0 radical (unpaired) electrons. The molecule has 2 aromatic carbocycles. The molecule has 1 saturated heterocycles. The maximum Gasteiger partial charge on any atom is 0.141 e. The molecule has 0 unspecified atom stereocenters. The van der Waals surface area contributed by atoms with Crippen molar-refractivity contribution in [1.29, 1.82) is 5.41 Å². The molecule has 1 fully saturated rings. The highest BCUT2D eigenvalue weighted by Crippen LogP contribution is 2.26. The normalized spacial score (nSPS) is 14.9. The molecule has 0 saturated carbocycles. The quantitative estimate of drug-likeness (QED) is 0.500. The number of nitrogens with two attached hydrogens (primary N) is 1. The van der Waals surface area contributed by atoms with Gasteiger partial charge in [-0.1, -0.05) is 25.1 Å². The fourth-order valence-electron chi connectivity index (χ4n) is 3.80. The average molecular weight is 417 g/mol. The van der Waals surface area contributed by atoms with Crippen LogP contribution in [-0.2, 0) is 0 Å². The van der Waals surface area contributed by atoms with Crippen molar-refractivity contribution in [2.24, 2.45) is 0 Å². The molecule has 31 heavy (non-hydrogen) atoms. The second-order valence-electron chi connectivity index (χ2n) is 7.65. The summed E-state index contributed by atoms with van der Waals surface area (Å²) in [7, 11) is 0. The molecule has 160 valence electrons. The topological polar surface area (TPSA) is 100 Å². The number of anilines is 2. The van der Waals surface area contributed by atoms with Crippen molar-refractivity contribution in [3.8, 4) is 11.5 Å². The van der Waals surface area contributed by atoms with Crippen LogP contribution in [0.2, 0.25) is 0 Å². The van der Waals surface area contributed by atoms with Crippen LogP contribution < -0.4 is 15.8 Å². The monoisotopic (exact) mass is 416 g/mol. The van der Waals surface area contributed by atoms with Crippen molar-refractivity contribution in [2.45, 2.75) is 25.8 Å². The minimum absolute atomic E-state index is 0.290. The third-order valence-electron chi connectivity index (χ3n) is 5.62. The van der Waals surface area contributed by atoms with Crippen molar-refractivity contribution in [2.75, 3.05) is 30.7 Å². The van der Waals surface area contributed by atoms with Gasteiger partial charge in [0, 0.05) is 24.7 Å². The van der Waals surface area contributed by atoms with E-state index >= 15 is 0 Å². The van der Waals surface area contributed by atoms with Crippen LogP contribution in [0.3, 0.4) is 0 Å². The molecule has 3 aromatic rings. The third kappa shape index (κ3) is 5.00. The van der Waals surface area contributed by atoms with Crippen LogP contribution >= 0.6 is 0 Å². The molecule has 0 bridgehead atoms.